The minimum atomic E-state index is -0.677. The fourth-order valence-electron chi connectivity index (χ4n) is 2.97. The van der Waals surface area contributed by atoms with Crippen LogP contribution in [0.5, 0.6) is 0 Å². The van der Waals surface area contributed by atoms with Crippen LogP contribution in [0.15, 0.2) is 59.8 Å². The van der Waals surface area contributed by atoms with Crippen LogP contribution in [0.3, 0.4) is 0 Å². The van der Waals surface area contributed by atoms with E-state index >= 15 is 0 Å². The molecule has 10 heteroatoms. The summed E-state index contributed by atoms with van der Waals surface area (Å²) in [6.45, 7) is 3.98. The molecule has 0 unspecified atom stereocenters. The van der Waals surface area contributed by atoms with Crippen molar-refractivity contribution in [2.24, 2.45) is 0 Å². The van der Waals surface area contributed by atoms with E-state index < -0.39 is 16.4 Å². The molecule has 0 fully saturated rings. The van der Waals surface area contributed by atoms with E-state index in [4.69, 9.17) is 0 Å². The number of nitro benzene ring substituents is 1. The lowest BCUT2D eigenvalue weighted by Crippen LogP contribution is -2.33. The molecule has 0 radical (unpaired) electrons. The molecule has 0 saturated carbocycles. The van der Waals surface area contributed by atoms with E-state index in [2.05, 4.69) is 15.5 Å². The summed E-state index contributed by atoms with van der Waals surface area (Å²) in [6, 6.07) is 11.0. The molecular weight excluding hydrogens is 388 g/mol. The lowest BCUT2D eigenvalue weighted by atomic mass is 10.1. The molecule has 0 aliphatic carbocycles. The third kappa shape index (κ3) is 3.30. The zero-order valence-electron chi connectivity index (χ0n) is 16.1. The number of nitro groups is 1. The van der Waals surface area contributed by atoms with Gasteiger partial charge in [0, 0.05) is 17.7 Å². The van der Waals surface area contributed by atoms with E-state index in [9.17, 15) is 19.7 Å². The van der Waals surface area contributed by atoms with Gasteiger partial charge in [-0.1, -0.05) is 12.1 Å². The van der Waals surface area contributed by atoms with Crippen LogP contribution in [-0.4, -0.2) is 30.3 Å². The number of aromatic nitrogens is 4. The highest BCUT2D eigenvalue weighted by Gasteiger charge is 2.15. The number of carbonyl (C=O) groups is 1. The minimum absolute atomic E-state index is 0.0435. The number of carbonyl (C=O) groups excluding carboxylic acids is 1. The Bertz CT molecular complexity index is 1370. The van der Waals surface area contributed by atoms with Crippen LogP contribution in [0, 0.1) is 24.0 Å². The van der Waals surface area contributed by atoms with Crippen LogP contribution in [0.1, 0.15) is 21.5 Å². The molecule has 1 amide bonds. The molecule has 0 spiro atoms. The highest BCUT2D eigenvalue weighted by molar-refractivity contribution is 6.00. The summed E-state index contributed by atoms with van der Waals surface area (Å²) in [5.41, 5.74) is 5.02. The van der Waals surface area contributed by atoms with Crippen molar-refractivity contribution in [1.82, 2.24) is 19.4 Å². The third-order valence-electron chi connectivity index (χ3n) is 4.76. The van der Waals surface area contributed by atoms with Crippen molar-refractivity contribution in [3.8, 4) is 5.69 Å². The molecule has 1 N–H and O–H groups in total. The number of nitrogens with one attached hydrogen (secondary N) is 1. The van der Waals surface area contributed by atoms with Gasteiger partial charge in [-0.2, -0.15) is 5.10 Å². The molecule has 2 aromatic carbocycles. The molecule has 0 saturated heterocycles. The Morgan fingerprint density at radius 3 is 2.67 bits per heavy atom. The molecule has 10 nitrogen and oxygen atoms in total. The molecule has 150 valence electrons. The molecule has 0 bridgehead atoms. The number of nitrogens with zero attached hydrogens (tertiary/aromatic N) is 5. The SMILES string of the molecule is Cc1ccc(-n2ncc3c(=O)n(NC(=O)c4cccc([N+](=O)[O-])c4)cnc32)cc1C. The number of hydrogen-bond acceptors (Lipinski definition) is 6. The van der Waals surface area contributed by atoms with Crippen LogP contribution in [-0.2, 0) is 0 Å². The van der Waals surface area contributed by atoms with Gasteiger partial charge in [-0.05, 0) is 43.2 Å². The number of aryl methyl sites for hydroxylation is 2. The summed E-state index contributed by atoms with van der Waals surface area (Å²) in [4.78, 5) is 39.8. The van der Waals surface area contributed by atoms with Crippen molar-refractivity contribution in [3.63, 3.8) is 0 Å². The van der Waals surface area contributed by atoms with Gasteiger partial charge in [-0.25, -0.2) is 14.3 Å². The van der Waals surface area contributed by atoms with E-state index in [0.717, 1.165) is 27.6 Å². The van der Waals surface area contributed by atoms with Crippen LogP contribution >= 0.6 is 0 Å². The zero-order valence-corrected chi connectivity index (χ0v) is 16.1. The number of fused-ring (bicyclic) bond motifs is 1. The van der Waals surface area contributed by atoms with Crippen LogP contribution < -0.4 is 11.0 Å². The average Bonchev–Trinajstić information content (AvgIpc) is 3.17. The lowest BCUT2D eigenvalue weighted by Gasteiger charge is -2.09. The Balaban J connectivity index is 1.68. The van der Waals surface area contributed by atoms with E-state index in [0.29, 0.717) is 5.65 Å². The van der Waals surface area contributed by atoms with Crippen molar-refractivity contribution >= 4 is 22.6 Å². The molecule has 0 aliphatic rings. The van der Waals surface area contributed by atoms with E-state index in [-0.39, 0.29) is 16.6 Å². The van der Waals surface area contributed by atoms with Gasteiger partial charge in [-0.15, -0.1) is 0 Å². The number of rotatable bonds is 4. The normalized spacial score (nSPS) is 10.9. The average molecular weight is 404 g/mol. The summed E-state index contributed by atoms with van der Waals surface area (Å²) < 4.78 is 2.48. The van der Waals surface area contributed by atoms with Gasteiger partial charge in [0.25, 0.3) is 17.2 Å². The molecule has 0 aliphatic heterocycles. The Labute approximate surface area is 169 Å². The first-order chi connectivity index (χ1) is 14.3. The van der Waals surface area contributed by atoms with Crippen LogP contribution in [0.25, 0.3) is 16.7 Å². The van der Waals surface area contributed by atoms with Gasteiger partial charge in [0.15, 0.2) is 5.65 Å². The number of amides is 1. The second-order valence-corrected chi connectivity index (χ2v) is 6.73. The third-order valence-corrected chi connectivity index (χ3v) is 4.76. The maximum Gasteiger partial charge on any atom is 0.283 e. The van der Waals surface area contributed by atoms with Gasteiger partial charge in [0.2, 0.25) is 0 Å². The number of non-ortho nitro benzene ring substituents is 1. The van der Waals surface area contributed by atoms with Gasteiger partial charge in [0.05, 0.1) is 16.8 Å². The van der Waals surface area contributed by atoms with E-state index in [1.165, 1.54) is 30.7 Å². The maximum atomic E-state index is 12.8. The van der Waals surface area contributed by atoms with Crippen molar-refractivity contribution in [2.75, 3.05) is 5.43 Å². The van der Waals surface area contributed by atoms with Gasteiger partial charge >= 0.3 is 0 Å². The Hall–Kier alpha value is -4.34. The molecule has 2 aromatic heterocycles. The fourth-order valence-corrected chi connectivity index (χ4v) is 2.97. The maximum absolute atomic E-state index is 12.8. The minimum Gasteiger partial charge on any atom is -0.267 e. The summed E-state index contributed by atoms with van der Waals surface area (Å²) in [5.74, 6) is -0.677. The van der Waals surface area contributed by atoms with Crippen LogP contribution in [0.4, 0.5) is 5.69 Å². The first kappa shape index (κ1) is 19.0. The Morgan fingerprint density at radius 2 is 1.93 bits per heavy atom. The molecule has 2 heterocycles. The highest BCUT2D eigenvalue weighted by atomic mass is 16.6. The fraction of sp³-hybridized carbons (Fsp3) is 0.100. The van der Waals surface area contributed by atoms with Crippen LogP contribution in [0.2, 0.25) is 0 Å². The predicted octanol–water partition coefficient (Wildman–Crippen LogP) is 2.49. The summed E-state index contributed by atoms with van der Waals surface area (Å²) in [7, 11) is 0. The quantitative estimate of drug-likeness (QED) is 0.411. The number of hydrogen-bond donors (Lipinski definition) is 1. The predicted molar refractivity (Wildman–Crippen MR) is 109 cm³/mol. The van der Waals surface area contributed by atoms with E-state index in [1.807, 2.05) is 32.0 Å². The first-order valence-corrected chi connectivity index (χ1v) is 8.94. The smallest absolute Gasteiger partial charge is 0.267 e. The second kappa shape index (κ2) is 7.24. The topological polar surface area (TPSA) is 125 Å². The summed E-state index contributed by atoms with van der Waals surface area (Å²) in [6.07, 6.45) is 2.56. The standard InChI is InChI=1S/C20H16N6O4/c1-12-6-7-15(8-13(12)2)25-18-17(10-22-25)20(28)24(11-21-18)23-19(27)14-4-3-5-16(9-14)26(29)30/h3-11H,1-2H3,(H,23,27). The van der Waals surface area contributed by atoms with Crippen molar-refractivity contribution in [2.45, 2.75) is 13.8 Å². The molecule has 4 aromatic rings. The Morgan fingerprint density at radius 1 is 1.13 bits per heavy atom. The van der Waals surface area contributed by atoms with Crippen molar-refractivity contribution < 1.29 is 9.72 Å². The van der Waals surface area contributed by atoms with Crippen molar-refractivity contribution in [1.29, 1.82) is 0 Å². The van der Waals surface area contributed by atoms with Gasteiger partial charge in [-0.3, -0.25) is 25.1 Å². The van der Waals surface area contributed by atoms with Gasteiger partial charge in [0.1, 0.15) is 11.7 Å². The summed E-state index contributed by atoms with van der Waals surface area (Å²) in [5, 5.41) is 15.4. The van der Waals surface area contributed by atoms with Crippen molar-refractivity contribution in [3.05, 3.63) is 92.1 Å². The summed E-state index contributed by atoms with van der Waals surface area (Å²) >= 11 is 0. The highest BCUT2D eigenvalue weighted by Crippen LogP contribution is 2.17. The van der Waals surface area contributed by atoms with E-state index in [1.54, 1.807) is 4.68 Å². The molecule has 0 atom stereocenters. The molecular formula is C20H16N6O4. The monoisotopic (exact) mass is 404 g/mol. The number of benzene rings is 2. The Kier molecular flexibility index (Phi) is 4.59. The second-order valence-electron chi connectivity index (χ2n) is 6.73. The molecule has 30 heavy (non-hydrogen) atoms. The lowest BCUT2D eigenvalue weighted by molar-refractivity contribution is -0.384. The zero-order chi connectivity index (χ0) is 21.4. The first-order valence-electron chi connectivity index (χ1n) is 8.94. The van der Waals surface area contributed by atoms with Gasteiger partial charge < -0.3 is 0 Å². The largest absolute Gasteiger partial charge is 0.283 e. The molecule has 4 rings (SSSR count).